The summed E-state index contributed by atoms with van der Waals surface area (Å²) in [7, 11) is 0. The van der Waals surface area contributed by atoms with Crippen molar-refractivity contribution in [3.63, 3.8) is 0 Å². The van der Waals surface area contributed by atoms with Crippen molar-refractivity contribution in [3.05, 3.63) is 36.5 Å². The fourth-order valence-corrected chi connectivity index (χ4v) is 9.48. The Morgan fingerprint density at radius 1 is 0.493 bits per heavy atom. The fourth-order valence-electron chi connectivity index (χ4n) is 9.48. The van der Waals surface area contributed by atoms with Gasteiger partial charge in [-0.05, 0) is 51.4 Å². The lowest BCUT2D eigenvalue weighted by Crippen LogP contribution is -2.60. The topological polar surface area (TPSA) is 149 Å². The van der Waals surface area contributed by atoms with Crippen LogP contribution in [-0.4, -0.2) is 87.5 Å². The van der Waals surface area contributed by atoms with Crippen LogP contribution in [-0.2, 0) is 14.3 Å². The molecule has 6 N–H and O–H groups in total. The highest BCUT2D eigenvalue weighted by molar-refractivity contribution is 5.76. The molecule has 1 fully saturated rings. The third kappa shape index (κ3) is 39.6. The van der Waals surface area contributed by atoms with Gasteiger partial charge in [0.05, 0.1) is 25.4 Å². The molecular formula is C60H113NO8. The van der Waals surface area contributed by atoms with Gasteiger partial charge in [0.15, 0.2) is 6.29 Å². The summed E-state index contributed by atoms with van der Waals surface area (Å²) >= 11 is 0. The van der Waals surface area contributed by atoms with Gasteiger partial charge in [0.25, 0.3) is 0 Å². The van der Waals surface area contributed by atoms with E-state index in [-0.39, 0.29) is 12.5 Å². The normalized spacial score (nSPS) is 19.7. The van der Waals surface area contributed by atoms with E-state index in [4.69, 9.17) is 9.47 Å². The first-order valence-electron chi connectivity index (χ1n) is 29.7. The molecule has 7 unspecified atom stereocenters. The van der Waals surface area contributed by atoms with E-state index in [9.17, 15) is 30.3 Å². The van der Waals surface area contributed by atoms with E-state index in [2.05, 4.69) is 43.5 Å². The smallest absolute Gasteiger partial charge is 0.220 e. The number of aliphatic hydroxyl groups is 5. The van der Waals surface area contributed by atoms with Gasteiger partial charge in [-0.3, -0.25) is 4.79 Å². The summed E-state index contributed by atoms with van der Waals surface area (Å²) in [6.07, 6.45) is 57.8. The lowest BCUT2D eigenvalue weighted by atomic mass is 9.99. The second-order valence-electron chi connectivity index (χ2n) is 20.8. The third-order valence-corrected chi connectivity index (χ3v) is 14.2. The van der Waals surface area contributed by atoms with Gasteiger partial charge in [-0.25, -0.2) is 0 Å². The van der Waals surface area contributed by atoms with Crippen LogP contribution in [0.5, 0.6) is 0 Å². The highest BCUT2D eigenvalue weighted by atomic mass is 16.7. The summed E-state index contributed by atoms with van der Waals surface area (Å²) in [5, 5.41) is 54.6. The van der Waals surface area contributed by atoms with E-state index in [1.165, 1.54) is 218 Å². The Bertz CT molecular complexity index is 1180. The van der Waals surface area contributed by atoms with Gasteiger partial charge in [0.1, 0.15) is 24.4 Å². The Kier molecular flexibility index (Phi) is 47.4. The molecule has 7 atom stereocenters. The number of rotatable bonds is 51. The van der Waals surface area contributed by atoms with Crippen LogP contribution in [0.25, 0.3) is 0 Å². The lowest BCUT2D eigenvalue weighted by Gasteiger charge is -2.40. The SMILES string of the molecule is CCCCCCCCCCC/C=C\C/C=C\CCCCCCCCCCCC(=O)NC(COC1OC(CO)C(O)C(O)C1O)C(O)/C=C/CCCCCCCCCCCCCCCCCCCCC. The van der Waals surface area contributed by atoms with Crippen molar-refractivity contribution >= 4 is 5.91 Å². The highest BCUT2D eigenvalue weighted by Gasteiger charge is 2.44. The predicted molar refractivity (Wildman–Crippen MR) is 290 cm³/mol. The summed E-state index contributed by atoms with van der Waals surface area (Å²) in [6, 6.07) is -0.808. The Morgan fingerprint density at radius 2 is 0.855 bits per heavy atom. The average Bonchev–Trinajstić information content (AvgIpc) is 3.35. The highest BCUT2D eigenvalue weighted by Crippen LogP contribution is 2.23. The van der Waals surface area contributed by atoms with Crippen LogP contribution in [0.1, 0.15) is 284 Å². The molecule has 0 aromatic rings. The van der Waals surface area contributed by atoms with E-state index < -0.39 is 49.5 Å². The van der Waals surface area contributed by atoms with Crippen molar-refractivity contribution in [2.75, 3.05) is 13.2 Å². The quantitative estimate of drug-likeness (QED) is 0.0261. The summed E-state index contributed by atoms with van der Waals surface area (Å²) in [5.74, 6) is -0.178. The molecule has 1 heterocycles. The zero-order valence-corrected chi connectivity index (χ0v) is 45.1. The van der Waals surface area contributed by atoms with Crippen molar-refractivity contribution < 1.29 is 39.8 Å². The van der Waals surface area contributed by atoms with Crippen LogP contribution < -0.4 is 5.32 Å². The number of aliphatic hydroxyl groups excluding tert-OH is 5. The van der Waals surface area contributed by atoms with E-state index in [0.717, 1.165) is 44.9 Å². The maximum atomic E-state index is 13.1. The minimum atomic E-state index is -1.57. The minimum Gasteiger partial charge on any atom is -0.394 e. The van der Waals surface area contributed by atoms with E-state index in [1.54, 1.807) is 6.08 Å². The number of nitrogens with one attached hydrogen (secondary N) is 1. The van der Waals surface area contributed by atoms with Crippen molar-refractivity contribution in [1.82, 2.24) is 5.32 Å². The van der Waals surface area contributed by atoms with Gasteiger partial charge < -0.3 is 40.3 Å². The lowest BCUT2D eigenvalue weighted by molar-refractivity contribution is -0.302. The molecule has 1 aliphatic rings. The molecule has 69 heavy (non-hydrogen) atoms. The first-order valence-corrected chi connectivity index (χ1v) is 29.7. The number of hydrogen-bond donors (Lipinski definition) is 6. The summed E-state index contributed by atoms with van der Waals surface area (Å²) in [4.78, 5) is 13.1. The van der Waals surface area contributed by atoms with Crippen LogP contribution in [0.3, 0.4) is 0 Å². The Hall–Kier alpha value is -1.59. The number of allylic oxidation sites excluding steroid dienone is 5. The molecule has 9 heteroatoms. The standard InChI is InChI=1S/C60H113NO8/c1-3-5-7-9-11-13-15-17-19-21-23-25-26-27-28-30-32-34-36-38-40-42-44-46-48-50-56(64)61-53(52-68-60-59(67)58(66)57(65)55(51-62)69-60)54(63)49-47-45-43-41-39-37-35-33-31-29-24-22-20-18-16-14-12-10-8-6-4-2/h23,25,27-28,47,49,53-55,57-60,62-63,65-67H,3-22,24,26,29-46,48,50-52H2,1-2H3,(H,61,64)/b25-23-,28-27-,49-47+. The largest absolute Gasteiger partial charge is 0.394 e. The van der Waals surface area contributed by atoms with Gasteiger partial charge in [0, 0.05) is 6.42 Å². The number of unbranched alkanes of at least 4 members (excludes halogenated alkanes) is 37. The maximum absolute atomic E-state index is 13.1. The van der Waals surface area contributed by atoms with Crippen LogP contribution in [0, 0.1) is 0 Å². The zero-order valence-electron chi connectivity index (χ0n) is 45.1. The molecular weight excluding hydrogens is 863 g/mol. The second-order valence-corrected chi connectivity index (χ2v) is 20.8. The van der Waals surface area contributed by atoms with Gasteiger partial charge in [-0.15, -0.1) is 0 Å². The van der Waals surface area contributed by atoms with E-state index in [0.29, 0.717) is 6.42 Å². The van der Waals surface area contributed by atoms with Crippen molar-refractivity contribution in [2.45, 2.75) is 326 Å². The third-order valence-electron chi connectivity index (χ3n) is 14.2. The van der Waals surface area contributed by atoms with Crippen molar-refractivity contribution in [2.24, 2.45) is 0 Å². The summed E-state index contributed by atoms with van der Waals surface area (Å²) in [5.41, 5.74) is 0. The summed E-state index contributed by atoms with van der Waals surface area (Å²) in [6.45, 7) is 3.81. The Morgan fingerprint density at radius 3 is 1.25 bits per heavy atom. The number of amides is 1. The predicted octanol–water partition coefficient (Wildman–Crippen LogP) is 14.7. The molecule has 9 nitrogen and oxygen atoms in total. The average molecular weight is 977 g/mol. The molecule has 1 aliphatic heterocycles. The molecule has 0 radical (unpaired) electrons. The molecule has 406 valence electrons. The number of carbonyl (C=O) groups is 1. The molecule has 0 aromatic heterocycles. The van der Waals surface area contributed by atoms with Crippen LogP contribution in [0.2, 0.25) is 0 Å². The number of ether oxygens (including phenoxy) is 2. The Balaban J connectivity index is 2.22. The van der Waals surface area contributed by atoms with Gasteiger partial charge in [-0.2, -0.15) is 0 Å². The van der Waals surface area contributed by atoms with Crippen molar-refractivity contribution in [1.29, 1.82) is 0 Å². The van der Waals surface area contributed by atoms with Crippen LogP contribution in [0.15, 0.2) is 36.5 Å². The molecule has 0 spiro atoms. The molecule has 0 bridgehead atoms. The van der Waals surface area contributed by atoms with Crippen LogP contribution in [0.4, 0.5) is 0 Å². The van der Waals surface area contributed by atoms with Gasteiger partial charge in [0.2, 0.25) is 5.91 Å². The first-order chi connectivity index (χ1) is 33.8. The summed E-state index contributed by atoms with van der Waals surface area (Å²) < 4.78 is 11.3. The first kappa shape index (κ1) is 65.4. The monoisotopic (exact) mass is 976 g/mol. The molecule has 1 saturated heterocycles. The molecule has 1 rings (SSSR count). The number of carbonyl (C=O) groups excluding carboxylic acids is 1. The fraction of sp³-hybridized carbons (Fsp3) is 0.883. The zero-order chi connectivity index (χ0) is 50.1. The number of hydrogen-bond acceptors (Lipinski definition) is 8. The maximum Gasteiger partial charge on any atom is 0.220 e. The molecule has 0 saturated carbocycles. The molecule has 0 aromatic carbocycles. The van der Waals surface area contributed by atoms with Crippen molar-refractivity contribution in [3.8, 4) is 0 Å². The molecule has 1 amide bonds. The Labute approximate surface area is 425 Å². The minimum absolute atomic E-state index is 0.178. The van der Waals surface area contributed by atoms with E-state index in [1.807, 2.05) is 6.08 Å². The van der Waals surface area contributed by atoms with E-state index >= 15 is 0 Å². The van der Waals surface area contributed by atoms with Crippen LogP contribution >= 0.6 is 0 Å². The van der Waals surface area contributed by atoms with Gasteiger partial charge >= 0.3 is 0 Å². The second kappa shape index (κ2) is 50.0. The van der Waals surface area contributed by atoms with Gasteiger partial charge in [-0.1, -0.05) is 262 Å². The molecule has 0 aliphatic carbocycles.